The number of allylic oxidation sites excluding steroid dienone is 1. The zero-order valence-electron chi connectivity index (χ0n) is 5.88. The fourth-order valence-electron chi connectivity index (χ4n) is 0.720. The lowest BCUT2D eigenvalue weighted by atomic mass is 10.0. The van der Waals surface area contributed by atoms with E-state index in [-0.39, 0.29) is 12.5 Å². The topological polar surface area (TPSA) is 63.0 Å². The van der Waals surface area contributed by atoms with E-state index in [0.717, 1.165) is 0 Å². The minimum Gasteiger partial charge on any atom is -0.369 e. The molecule has 0 aromatic heterocycles. The molecule has 1 atom stereocenters. The third-order valence-electron chi connectivity index (χ3n) is 1.32. The molecule has 1 amide bonds. The van der Waals surface area contributed by atoms with Crippen molar-refractivity contribution in [2.45, 2.75) is 12.8 Å². The number of hydrogen-bond acceptors (Lipinski definition) is 1. The van der Waals surface area contributed by atoms with E-state index >= 15 is 0 Å². The highest BCUT2D eigenvalue weighted by molar-refractivity contribution is 5.76. The molecule has 0 spiro atoms. The normalized spacial score (nSPS) is 12.5. The van der Waals surface area contributed by atoms with Crippen LogP contribution in [-0.2, 0) is 9.90 Å². The molecule has 0 aromatic carbocycles. The highest BCUT2D eigenvalue weighted by atomic mass is 16.3. The van der Waals surface area contributed by atoms with Crippen molar-refractivity contribution in [1.82, 2.24) is 0 Å². The molecular weight excluding hydrogens is 130 g/mol. The minimum absolute atomic E-state index is 0.249. The molecule has 57 valence electrons. The van der Waals surface area contributed by atoms with E-state index in [9.17, 15) is 9.90 Å². The highest BCUT2D eigenvalue weighted by Crippen LogP contribution is 2.06. The van der Waals surface area contributed by atoms with Crippen molar-refractivity contribution in [3.05, 3.63) is 12.7 Å². The van der Waals surface area contributed by atoms with Crippen molar-refractivity contribution < 1.29 is 9.90 Å². The lowest BCUT2D eigenvalue weighted by Gasteiger charge is -2.06. The Morgan fingerprint density at radius 1 is 1.70 bits per heavy atom. The minimum atomic E-state index is -0.407. The molecule has 0 rings (SSSR count). The maximum absolute atomic E-state index is 10.5. The van der Waals surface area contributed by atoms with Gasteiger partial charge in [0.25, 0.3) is 0 Å². The molecule has 3 nitrogen and oxygen atoms in total. The zero-order chi connectivity index (χ0) is 7.98. The first-order valence-electron chi connectivity index (χ1n) is 3.20. The van der Waals surface area contributed by atoms with Gasteiger partial charge in [0, 0.05) is 5.92 Å². The number of carbonyl (C=O) groups is 1. The summed E-state index contributed by atoms with van der Waals surface area (Å²) in [7, 11) is 0. The van der Waals surface area contributed by atoms with Gasteiger partial charge in [-0.15, -0.1) is 6.58 Å². The van der Waals surface area contributed by atoms with Crippen LogP contribution in [0, 0.1) is 5.92 Å². The van der Waals surface area contributed by atoms with Crippen LogP contribution in [0.1, 0.15) is 12.8 Å². The molecule has 0 aliphatic rings. The Kier molecular flexibility index (Phi) is 4.58. The van der Waals surface area contributed by atoms with Crippen LogP contribution >= 0.6 is 0 Å². The molecular formula is C7H12NO2. The second kappa shape index (κ2) is 4.99. The van der Waals surface area contributed by atoms with Gasteiger partial charge in [-0.25, -0.2) is 5.11 Å². The summed E-state index contributed by atoms with van der Waals surface area (Å²) in [5, 5.41) is 10.1. The van der Waals surface area contributed by atoms with Crippen molar-refractivity contribution in [2.24, 2.45) is 11.7 Å². The van der Waals surface area contributed by atoms with Gasteiger partial charge in [-0.2, -0.15) is 0 Å². The Bertz CT molecular complexity index is 123. The van der Waals surface area contributed by atoms with E-state index in [1.165, 1.54) is 0 Å². The second-order valence-electron chi connectivity index (χ2n) is 2.12. The predicted octanol–water partition coefficient (Wildman–Crippen LogP) is 0.485. The Hall–Kier alpha value is -0.830. The third kappa shape index (κ3) is 3.25. The summed E-state index contributed by atoms with van der Waals surface area (Å²) < 4.78 is 0. The van der Waals surface area contributed by atoms with E-state index < -0.39 is 5.91 Å². The molecule has 0 saturated carbocycles. The van der Waals surface area contributed by atoms with Crippen LogP contribution in [0.3, 0.4) is 0 Å². The Labute approximate surface area is 60.5 Å². The maximum Gasteiger partial charge on any atom is 0.220 e. The molecule has 3 heteroatoms. The van der Waals surface area contributed by atoms with Crippen molar-refractivity contribution >= 4 is 5.91 Å². The van der Waals surface area contributed by atoms with Gasteiger partial charge in [-0.1, -0.05) is 6.08 Å². The van der Waals surface area contributed by atoms with Crippen molar-refractivity contribution in [3.63, 3.8) is 0 Å². The number of primary amides is 1. The number of carbonyl (C=O) groups excluding carboxylic acids is 1. The van der Waals surface area contributed by atoms with Gasteiger partial charge in [0.05, 0.1) is 6.61 Å². The van der Waals surface area contributed by atoms with Gasteiger partial charge in [-0.3, -0.25) is 4.79 Å². The molecule has 0 saturated heterocycles. The van der Waals surface area contributed by atoms with Gasteiger partial charge < -0.3 is 5.73 Å². The lowest BCUT2D eigenvalue weighted by Crippen LogP contribution is -2.23. The average Bonchev–Trinajstić information content (AvgIpc) is 1.87. The van der Waals surface area contributed by atoms with Crippen LogP contribution in [0.4, 0.5) is 0 Å². The van der Waals surface area contributed by atoms with Crippen LogP contribution in [0.2, 0.25) is 0 Å². The maximum atomic E-state index is 10.5. The number of rotatable bonds is 5. The van der Waals surface area contributed by atoms with E-state index in [1.54, 1.807) is 6.08 Å². The van der Waals surface area contributed by atoms with E-state index in [2.05, 4.69) is 6.58 Å². The van der Waals surface area contributed by atoms with Gasteiger partial charge in [0.15, 0.2) is 0 Å². The molecule has 10 heavy (non-hydrogen) atoms. The summed E-state index contributed by atoms with van der Waals surface area (Å²) in [5.41, 5.74) is 4.98. The van der Waals surface area contributed by atoms with Crippen molar-refractivity contribution in [1.29, 1.82) is 0 Å². The first kappa shape index (κ1) is 9.17. The summed E-state index contributed by atoms with van der Waals surface area (Å²) in [6.45, 7) is 3.21. The summed E-state index contributed by atoms with van der Waals surface area (Å²) in [6, 6.07) is 0. The molecule has 2 N–H and O–H groups in total. The first-order valence-corrected chi connectivity index (χ1v) is 3.20. The summed E-state index contributed by atoms with van der Waals surface area (Å²) in [4.78, 5) is 10.5. The summed E-state index contributed by atoms with van der Waals surface area (Å²) >= 11 is 0. The van der Waals surface area contributed by atoms with Gasteiger partial charge >= 0.3 is 0 Å². The summed E-state index contributed by atoms with van der Waals surface area (Å²) in [5.74, 6) is -0.717. The molecule has 1 radical (unpaired) electrons. The van der Waals surface area contributed by atoms with Crippen molar-refractivity contribution in [2.75, 3.05) is 6.61 Å². The Morgan fingerprint density at radius 2 is 2.30 bits per heavy atom. The molecule has 0 fully saturated rings. The number of nitrogens with two attached hydrogens (primary N) is 1. The molecule has 0 bridgehead atoms. The quantitative estimate of drug-likeness (QED) is 0.558. The smallest absolute Gasteiger partial charge is 0.220 e. The molecule has 0 aliphatic carbocycles. The lowest BCUT2D eigenvalue weighted by molar-refractivity contribution is -0.122. The number of hydrogen-bond donors (Lipinski definition) is 1. The largest absolute Gasteiger partial charge is 0.369 e. The first-order chi connectivity index (χ1) is 4.72. The third-order valence-corrected chi connectivity index (χ3v) is 1.32. The van der Waals surface area contributed by atoms with Gasteiger partial charge in [0.1, 0.15) is 0 Å². The van der Waals surface area contributed by atoms with E-state index in [4.69, 9.17) is 5.73 Å². The highest BCUT2D eigenvalue weighted by Gasteiger charge is 2.11. The van der Waals surface area contributed by atoms with Crippen LogP contribution in [0.15, 0.2) is 12.7 Å². The summed E-state index contributed by atoms with van der Waals surface area (Å²) in [6.07, 6.45) is 2.43. The van der Waals surface area contributed by atoms with Crippen LogP contribution < -0.4 is 5.73 Å². The number of amides is 1. The molecule has 0 aromatic rings. The van der Waals surface area contributed by atoms with Crippen LogP contribution in [0.5, 0.6) is 0 Å². The molecule has 1 unspecified atom stereocenters. The van der Waals surface area contributed by atoms with Crippen LogP contribution in [-0.4, -0.2) is 12.5 Å². The molecule has 0 aliphatic heterocycles. The van der Waals surface area contributed by atoms with Gasteiger partial charge in [0.2, 0.25) is 5.91 Å². The standard InChI is InChI=1S/C7H12NO2/c1-2-3-6(4-5-9)7(8)10/h2,6H,1,3-5H2,(H2,8,10). The van der Waals surface area contributed by atoms with E-state index in [0.29, 0.717) is 12.8 Å². The SMILES string of the molecule is C=CCC(CC[O])C(N)=O. The monoisotopic (exact) mass is 142 g/mol. The van der Waals surface area contributed by atoms with Gasteiger partial charge in [-0.05, 0) is 12.8 Å². The Morgan fingerprint density at radius 3 is 2.60 bits per heavy atom. The zero-order valence-corrected chi connectivity index (χ0v) is 5.88. The van der Waals surface area contributed by atoms with Crippen LogP contribution in [0.25, 0.3) is 0 Å². The Balaban J connectivity index is 3.71. The van der Waals surface area contributed by atoms with Crippen molar-refractivity contribution in [3.8, 4) is 0 Å². The fraction of sp³-hybridized carbons (Fsp3) is 0.571. The average molecular weight is 142 g/mol. The van der Waals surface area contributed by atoms with E-state index in [1.807, 2.05) is 0 Å². The second-order valence-corrected chi connectivity index (χ2v) is 2.12. The molecule has 0 heterocycles. The predicted molar refractivity (Wildman–Crippen MR) is 37.7 cm³/mol. The fourth-order valence-corrected chi connectivity index (χ4v) is 0.720.